The van der Waals surface area contributed by atoms with E-state index in [2.05, 4.69) is 0 Å². The van der Waals surface area contributed by atoms with E-state index in [1.165, 1.54) is 6.21 Å². The van der Waals surface area contributed by atoms with E-state index in [1.807, 2.05) is 43.3 Å². The molecular weight excluding hydrogens is 136 g/mol. The van der Waals surface area contributed by atoms with Gasteiger partial charge in [-0.05, 0) is 6.07 Å². The molecule has 0 aliphatic carbocycles. The Morgan fingerprint density at radius 3 is 2.36 bits per heavy atom. The van der Waals surface area contributed by atoms with E-state index in [0.29, 0.717) is 0 Å². The molecule has 0 saturated heterocycles. The summed E-state index contributed by atoms with van der Waals surface area (Å²) in [5, 5.41) is 7.13. The van der Waals surface area contributed by atoms with Crippen LogP contribution in [0.2, 0.25) is 0 Å². The van der Waals surface area contributed by atoms with E-state index >= 15 is 0 Å². The highest BCUT2D eigenvalue weighted by molar-refractivity contribution is 5.85. The normalized spacial score (nSPS) is 9.27. The highest BCUT2D eigenvalue weighted by atomic mass is 15.1. The zero-order valence-corrected chi connectivity index (χ0v) is 6.83. The molecule has 0 heterocycles. The van der Waals surface area contributed by atoms with Crippen molar-refractivity contribution in [3.63, 3.8) is 0 Å². The van der Waals surface area contributed by atoms with Gasteiger partial charge in [-0.25, -0.2) is 0 Å². The average molecular weight is 148 g/mol. The van der Waals surface area contributed by atoms with Crippen molar-refractivity contribution in [2.24, 2.45) is 0 Å². The zero-order valence-electron chi connectivity index (χ0n) is 6.83. The number of nitrogens with one attached hydrogen (secondary N) is 1. The van der Waals surface area contributed by atoms with Crippen molar-refractivity contribution in [1.29, 1.82) is 5.41 Å². The van der Waals surface area contributed by atoms with Crippen molar-refractivity contribution < 1.29 is 0 Å². The molecule has 0 aromatic heterocycles. The smallest absolute Gasteiger partial charge is 0.0449 e. The number of rotatable bonds is 2. The maximum atomic E-state index is 7.13. The van der Waals surface area contributed by atoms with Crippen LogP contribution in [0.5, 0.6) is 0 Å². The van der Waals surface area contributed by atoms with Crippen LogP contribution in [0, 0.1) is 5.41 Å². The molecule has 0 radical (unpaired) electrons. The first-order valence-corrected chi connectivity index (χ1v) is 3.52. The quantitative estimate of drug-likeness (QED) is 0.635. The van der Waals surface area contributed by atoms with Crippen LogP contribution in [-0.2, 0) is 0 Å². The maximum absolute atomic E-state index is 7.13. The van der Waals surface area contributed by atoms with Gasteiger partial charge in [-0.3, -0.25) is 0 Å². The minimum absolute atomic E-state index is 0.956. The molecule has 1 aromatic carbocycles. The third-order valence-corrected chi connectivity index (χ3v) is 1.57. The third kappa shape index (κ3) is 1.58. The van der Waals surface area contributed by atoms with Gasteiger partial charge >= 0.3 is 0 Å². The molecule has 0 bridgehead atoms. The van der Waals surface area contributed by atoms with Gasteiger partial charge in [0.1, 0.15) is 0 Å². The average Bonchev–Trinajstić information content (AvgIpc) is 2.04. The summed E-state index contributed by atoms with van der Waals surface area (Å²) in [5.41, 5.74) is 2.04. The predicted molar refractivity (Wildman–Crippen MR) is 48.7 cm³/mol. The van der Waals surface area contributed by atoms with Crippen molar-refractivity contribution in [2.45, 2.75) is 0 Å². The summed E-state index contributed by atoms with van der Waals surface area (Å²) in [4.78, 5) is 2.00. The fourth-order valence-corrected chi connectivity index (χ4v) is 1.02. The molecule has 2 heteroatoms. The first kappa shape index (κ1) is 7.79. The number of para-hydroxylation sites is 1. The molecule has 0 unspecified atom stereocenters. The van der Waals surface area contributed by atoms with Crippen LogP contribution in [0.1, 0.15) is 5.56 Å². The molecule has 11 heavy (non-hydrogen) atoms. The lowest BCUT2D eigenvalue weighted by molar-refractivity contribution is 1.13. The van der Waals surface area contributed by atoms with E-state index in [0.717, 1.165) is 11.3 Å². The molecule has 0 saturated carbocycles. The largest absolute Gasteiger partial charge is 0.377 e. The van der Waals surface area contributed by atoms with Crippen molar-refractivity contribution in [3.8, 4) is 0 Å². The highest BCUT2D eigenvalue weighted by Gasteiger charge is 1.98. The number of hydrogen-bond donors (Lipinski definition) is 1. The summed E-state index contributed by atoms with van der Waals surface area (Å²) < 4.78 is 0. The van der Waals surface area contributed by atoms with Gasteiger partial charge < -0.3 is 10.3 Å². The Bertz CT molecular complexity index is 253. The fraction of sp³-hybridized carbons (Fsp3) is 0.222. The van der Waals surface area contributed by atoms with Gasteiger partial charge in [0.2, 0.25) is 0 Å². The molecular formula is C9H12N2. The van der Waals surface area contributed by atoms with E-state index < -0.39 is 0 Å². The number of benzene rings is 1. The van der Waals surface area contributed by atoms with Gasteiger partial charge in [0, 0.05) is 31.6 Å². The molecule has 0 fully saturated rings. The van der Waals surface area contributed by atoms with Crippen LogP contribution < -0.4 is 4.90 Å². The van der Waals surface area contributed by atoms with Gasteiger partial charge in [0.05, 0.1) is 0 Å². The summed E-state index contributed by atoms with van der Waals surface area (Å²) >= 11 is 0. The molecule has 0 spiro atoms. The first-order valence-electron chi connectivity index (χ1n) is 3.52. The van der Waals surface area contributed by atoms with Crippen molar-refractivity contribution in [1.82, 2.24) is 0 Å². The number of nitrogens with zero attached hydrogens (tertiary/aromatic N) is 1. The van der Waals surface area contributed by atoms with E-state index in [1.54, 1.807) is 0 Å². The van der Waals surface area contributed by atoms with Crippen LogP contribution in [0.25, 0.3) is 0 Å². The Morgan fingerprint density at radius 2 is 1.91 bits per heavy atom. The molecule has 1 rings (SSSR count). The second kappa shape index (κ2) is 3.19. The number of anilines is 1. The summed E-state index contributed by atoms with van der Waals surface area (Å²) in [5.74, 6) is 0. The minimum atomic E-state index is 0.956. The van der Waals surface area contributed by atoms with E-state index in [9.17, 15) is 0 Å². The molecule has 0 atom stereocenters. The molecule has 1 aromatic rings. The highest BCUT2D eigenvalue weighted by Crippen LogP contribution is 2.14. The zero-order chi connectivity index (χ0) is 8.27. The lowest BCUT2D eigenvalue weighted by Gasteiger charge is -2.14. The predicted octanol–water partition coefficient (Wildman–Crippen LogP) is 1.75. The lowest BCUT2D eigenvalue weighted by atomic mass is 10.2. The summed E-state index contributed by atoms with van der Waals surface area (Å²) in [6.07, 6.45) is 1.37. The van der Waals surface area contributed by atoms with E-state index in [4.69, 9.17) is 5.41 Å². The number of hydrogen-bond acceptors (Lipinski definition) is 2. The molecule has 58 valence electrons. The monoisotopic (exact) mass is 148 g/mol. The van der Waals surface area contributed by atoms with E-state index in [-0.39, 0.29) is 0 Å². The molecule has 2 nitrogen and oxygen atoms in total. The topological polar surface area (TPSA) is 27.1 Å². The minimum Gasteiger partial charge on any atom is -0.377 e. The molecule has 0 aliphatic rings. The van der Waals surface area contributed by atoms with Crippen LogP contribution in [-0.4, -0.2) is 20.3 Å². The SMILES string of the molecule is CN(C)c1ccccc1C=N. The summed E-state index contributed by atoms with van der Waals surface area (Å²) in [6, 6.07) is 7.85. The Labute approximate surface area is 67.0 Å². The van der Waals surface area contributed by atoms with Crippen molar-refractivity contribution in [3.05, 3.63) is 29.8 Å². The second-order valence-corrected chi connectivity index (χ2v) is 2.60. The molecule has 1 N–H and O–H groups in total. The second-order valence-electron chi connectivity index (χ2n) is 2.60. The maximum Gasteiger partial charge on any atom is 0.0449 e. The Kier molecular flexibility index (Phi) is 2.26. The van der Waals surface area contributed by atoms with Gasteiger partial charge in [0.25, 0.3) is 0 Å². The van der Waals surface area contributed by atoms with Crippen LogP contribution in [0.3, 0.4) is 0 Å². The van der Waals surface area contributed by atoms with Gasteiger partial charge in [0.15, 0.2) is 0 Å². The molecule has 0 aliphatic heterocycles. The Hall–Kier alpha value is -1.31. The summed E-state index contributed by atoms with van der Waals surface area (Å²) in [7, 11) is 3.95. The van der Waals surface area contributed by atoms with Gasteiger partial charge in [-0.2, -0.15) is 0 Å². The van der Waals surface area contributed by atoms with Crippen molar-refractivity contribution >= 4 is 11.9 Å². The van der Waals surface area contributed by atoms with Gasteiger partial charge in [-0.1, -0.05) is 18.2 Å². The third-order valence-electron chi connectivity index (χ3n) is 1.57. The summed E-state index contributed by atoms with van der Waals surface area (Å²) in [6.45, 7) is 0. The Balaban J connectivity index is 3.12. The standard InChI is InChI=1S/C9H12N2/c1-11(2)9-6-4-3-5-8(9)7-10/h3-7,10H,1-2H3. The van der Waals surface area contributed by atoms with Crippen molar-refractivity contribution in [2.75, 3.05) is 19.0 Å². The first-order chi connectivity index (χ1) is 5.25. The van der Waals surface area contributed by atoms with Crippen LogP contribution in [0.15, 0.2) is 24.3 Å². The van der Waals surface area contributed by atoms with Crippen LogP contribution in [0.4, 0.5) is 5.69 Å². The molecule has 0 amide bonds. The lowest BCUT2D eigenvalue weighted by Crippen LogP contribution is -2.10. The van der Waals surface area contributed by atoms with Gasteiger partial charge in [-0.15, -0.1) is 0 Å². The fourth-order valence-electron chi connectivity index (χ4n) is 1.02. The Morgan fingerprint density at radius 1 is 1.27 bits per heavy atom. The van der Waals surface area contributed by atoms with Crippen LogP contribution >= 0.6 is 0 Å².